The van der Waals surface area contributed by atoms with Crippen molar-refractivity contribution in [3.8, 4) is 0 Å². The van der Waals surface area contributed by atoms with E-state index in [4.69, 9.17) is 0 Å². The van der Waals surface area contributed by atoms with Crippen molar-refractivity contribution in [3.05, 3.63) is 29.6 Å². The van der Waals surface area contributed by atoms with Gasteiger partial charge in [0.25, 0.3) is 5.91 Å². The molecule has 4 nitrogen and oxygen atoms in total. The summed E-state index contributed by atoms with van der Waals surface area (Å²) in [4.78, 5) is 16.7. The van der Waals surface area contributed by atoms with Gasteiger partial charge >= 0.3 is 0 Å². The molecule has 0 spiro atoms. The van der Waals surface area contributed by atoms with Crippen LogP contribution in [-0.2, 0) is 0 Å². The van der Waals surface area contributed by atoms with Gasteiger partial charge in [-0.1, -0.05) is 6.07 Å². The van der Waals surface area contributed by atoms with E-state index in [0.29, 0.717) is 18.7 Å². The summed E-state index contributed by atoms with van der Waals surface area (Å²) in [6.45, 7) is 6.34. The lowest BCUT2D eigenvalue weighted by Crippen LogP contribution is -2.58. The normalized spacial score (nSPS) is 18.9. The van der Waals surface area contributed by atoms with Gasteiger partial charge in [0.05, 0.1) is 11.3 Å². The maximum Gasteiger partial charge on any atom is 0.256 e. The minimum atomic E-state index is -0.397. The number of anilines is 1. The molecule has 2 rings (SSSR count). The number of benzene rings is 1. The van der Waals surface area contributed by atoms with Crippen molar-refractivity contribution in [3.63, 3.8) is 0 Å². The molecular formula is C15H22FN3O. The predicted octanol–water partition coefficient (Wildman–Crippen LogP) is 2.03. The van der Waals surface area contributed by atoms with E-state index in [9.17, 15) is 9.18 Å². The average molecular weight is 279 g/mol. The van der Waals surface area contributed by atoms with E-state index in [0.717, 1.165) is 6.54 Å². The molecule has 0 bridgehead atoms. The van der Waals surface area contributed by atoms with Crippen LogP contribution < -0.4 is 5.32 Å². The fourth-order valence-electron chi connectivity index (χ4n) is 2.54. The van der Waals surface area contributed by atoms with Crippen molar-refractivity contribution in [2.24, 2.45) is 0 Å². The van der Waals surface area contributed by atoms with Crippen LogP contribution in [0, 0.1) is 5.82 Å². The van der Waals surface area contributed by atoms with Crippen LogP contribution in [0.2, 0.25) is 0 Å². The number of likely N-dealkylation sites (N-methyl/N-ethyl adjacent to an activating group) is 1. The Morgan fingerprint density at radius 1 is 1.35 bits per heavy atom. The summed E-state index contributed by atoms with van der Waals surface area (Å²) in [6, 6.07) is 4.60. The van der Waals surface area contributed by atoms with E-state index < -0.39 is 5.82 Å². The van der Waals surface area contributed by atoms with Gasteiger partial charge in [0, 0.05) is 32.2 Å². The first kappa shape index (κ1) is 14.8. The molecule has 0 radical (unpaired) electrons. The van der Waals surface area contributed by atoms with Gasteiger partial charge in [0.2, 0.25) is 0 Å². The van der Waals surface area contributed by atoms with Gasteiger partial charge in [0.1, 0.15) is 5.82 Å². The van der Waals surface area contributed by atoms with E-state index in [1.54, 1.807) is 24.1 Å². The minimum absolute atomic E-state index is 0.0684. The molecule has 1 fully saturated rings. The molecule has 1 aromatic rings. The third-order valence-corrected chi connectivity index (χ3v) is 4.10. The Morgan fingerprint density at radius 2 is 2.05 bits per heavy atom. The standard InChI is InChI=1S/C15H22FN3O/c1-15(2)10-19(9-8-18(15)4)14(20)11-6-5-7-12(16)13(11)17-3/h5-7,17H,8-10H2,1-4H3. The van der Waals surface area contributed by atoms with Crippen molar-refractivity contribution in [2.75, 3.05) is 39.0 Å². The maximum absolute atomic E-state index is 13.8. The van der Waals surface area contributed by atoms with Crippen LogP contribution in [0.3, 0.4) is 0 Å². The largest absolute Gasteiger partial charge is 0.385 e. The average Bonchev–Trinajstić information content (AvgIpc) is 2.40. The first-order valence-electron chi connectivity index (χ1n) is 6.83. The number of nitrogens with one attached hydrogen (secondary N) is 1. The molecule has 1 aliphatic heterocycles. The van der Waals surface area contributed by atoms with Gasteiger partial charge in [0.15, 0.2) is 0 Å². The van der Waals surface area contributed by atoms with Crippen LogP contribution >= 0.6 is 0 Å². The Bertz CT molecular complexity index is 516. The molecule has 0 aromatic heterocycles. The highest BCUT2D eigenvalue weighted by molar-refractivity contribution is 5.99. The van der Waals surface area contributed by atoms with Crippen molar-refractivity contribution in [1.82, 2.24) is 9.80 Å². The van der Waals surface area contributed by atoms with Crippen LogP contribution in [0.15, 0.2) is 18.2 Å². The monoisotopic (exact) mass is 279 g/mol. The Hall–Kier alpha value is -1.62. The SMILES string of the molecule is CNc1c(F)cccc1C(=O)N1CCN(C)C(C)(C)C1. The van der Waals surface area contributed by atoms with Crippen molar-refractivity contribution in [2.45, 2.75) is 19.4 Å². The molecule has 1 heterocycles. The van der Waals surface area contributed by atoms with Crippen LogP contribution in [-0.4, -0.2) is 55.0 Å². The first-order valence-corrected chi connectivity index (χ1v) is 6.83. The summed E-state index contributed by atoms with van der Waals surface area (Å²) < 4.78 is 13.8. The highest BCUT2D eigenvalue weighted by Crippen LogP contribution is 2.24. The van der Waals surface area contributed by atoms with E-state index in [2.05, 4.69) is 31.1 Å². The lowest BCUT2D eigenvalue weighted by atomic mass is 9.99. The molecule has 0 saturated carbocycles. The number of hydrogen-bond acceptors (Lipinski definition) is 3. The molecule has 0 unspecified atom stereocenters. The van der Waals surface area contributed by atoms with Gasteiger partial charge in [-0.2, -0.15) is 0 Å². The highest BCUT2D eigenvalue weighted by Gasteiger charge is 2.34. The van der Waals surface area contributed by atoms with Crippen LogP contribution in [0.25, 0.3) is 0 Å². The lowest BCUT2D eigenvalue weighted by Gasteiger charge is -2.45. The number of halogens is 1. The summed E-state index contributed by atoms with van der Waals surface area (Å²) in [7, 11) is 3.69. The van der Waals surface area contributed by atoms with Crippen molar-refractivity contribution < 1.29 is 9.18 Å². The van der Waals surface area contributed by atoms with Gasteiger partial charge in [-0.05, 0) is 33.0 Å². The molecule has 0 atom stereocenters. The summed E-state index contributed by atoms with van der Waals surface area (Å²) in [5.41, 5.74) is 0.600. The summed E-state index contributed by atoms with van der Waals surface area (Å²) in [6.07, 6.45) is 0. The van der Waals surface area contributed by atoms with E-state index in [-0.39, 0.29) is 17.1 Å². The number of rotatable bonds is 2. The lowest BCUT2D eigenvalue weighted by molar-refractivity contribution is 0.0312. The van der Waals surface area contributed by atoms with Gasteiger partial charge < -0.3 is 10.2 Å². The second kappa shape index (κ2) is 5.40. The predicted molar refractivity (Wildman–Crippen MR) is 78.6 cm³/mol. The maximum atomic E-state index is 13.8. The third-order valence-electron chi connectivity index (χ3n) is 4.10. The molecule has 5 heteroatoms. The Balaban J connectivity index is 2.27. The number of para-hydroxylation sites is 1. The molecule has 20 heavy (non-hydrogen) atoms. The highest BCUT2D eigenvalue weighted by atomic mass is 19.1. The molecule has 1 amide bonds. The molecule has 1 saturated heterocycles. The van der Waals surface area contributed by atoms with E-state index in [1.165, 1.54) is 6.07 Å². The van der Waals surface area contributed by atoms with Gasteiger partial charge in [-0.15, -0.1) is 0 Å². The minimum Gasteiger partial charge on any atom is -0.385 e. The molecule has 0 aliphatic carbocycles. The van der Waals surface area contributed by atoms with Crippen LogP contribution in [0.1, 0.15) is 24.2 Å². The fraction of sp³-hybridized carbons (Fsp3) is 0.533. The summed E-state index contributed by atoms with van der Waals surface area (Å²) >= 11 is 0. The summed E-state index contributed by atoms with van der Waals surface area (Å²) in [5, 5.41) is 2.78. The zero-order valence-corrected chi connectivity index (χ0v) is 12.5. The zero-order chi connectivity index (χ0) is 14.9. The molecule has 1 N–H and O–H groups in total. The van der Waals surface area contributed by atoms with Crippen LogP contribution in [0.4, 0.5) is 10.1 Å². The Morgan fingerprint density at radius 3 is 2.65 bits per heavy atom. The smallest absolute Gasteiger partial charge is 0.256 e. The number of piperazine rings is 1. The first-order chi connectivity index (χ1) is 9.36. The van der Waals surface area contributed by atoms with Crippen molar-refractivity contribution >= 4 is 11.6 Å². The number of hydrogen-bond donors (Lipinski definition) is 1. The quantitative estimate of drug-likeness (QED) is 0.900. The Kier molecular flexibility index (Phi) is 3.99. The molecule has 1 aromatic carbocycles. The fourth-order valence-corrected chi connectivity index (χ4v) is 2.54. The number of nitrogens with zero attached hydrogens (tertiary/aromatic N) is 2. The topological polar surface area (TPSA) is 35.6 Å². The Labute approximate surface area is 119 Å². The summed E-state index contributed by atoms with van der Waals surface area (Å²) in [5.74, 6) is -0.512. The zero-order valence-electron chi connectivity index (χ0n) is 12.5. The van der Waals surface area contributed by atoms with Gasteiger partial charge in [-0.3, -0.25) is 9.69 Å². The second-order valence-corrected chi connectivity index (χ2v) is 5.87. The van der Waals surface area contributed by atoms with Crippen molar-refractivity contribution in [1.29, 1.82) is 0 Å². The van der Waals surface area contributed by atoms with Crippen LogP contribution in [0.5, 0.6) is 0 Å². The van der Waals surface area contributed by atoms with E-state index >= 15 is 0 Å². The molecule has 110 valence electrons. The number of carbonyl (C=O) groups excluding carboxylic acids is 1. The second-order valence-electron chi connectivity index (χ2n) is 5.87. The van der Waals surface area contributed by atoms with Gasteiger partial charge in [-0.25, -0.2) is 4.39 Å². The third kappa shape index (κ3) is 2.63. The number of carbonyl (C=O) groups is 1. The molecule has 1 aliphatic rings. The van der Waals surface area contributed by atoms with E-state index in [1.807, 2.05) is 0 Å². The molecular weight excluding hydrogens is 257 g/mol. The number of amides is 1.